The van der Waals surface area contributed by atoms with Gasteiger partial charge in [0.2, 0.25) is 0 Å². The Hall–Kier alpha value is -0.700. The highest BCUT2D eigenvalue weighted by atomic mass is 32.2. The molecule has 1 fully saturated rings. The monoisotopic (exact) mass is 264 g/mol. The first-order valence-corrected chi connectivity index (χ1v) is 6.99. The molecule has 100 valence electrons. The first-order chi connectivity index (χ1) is 7.97. The topological polar surface area (TPSA) is 109 Å². The third-order valence-corrected chi connectivity index (χ3v) is 4.33. The van der Waals surface area contributed by atoms with Gasteiger partial charge in [-0.1, -0.05) is 0 Å². The van der Waals surface area contributed by atoms with Gasteiger partial charge < -0.3 is 10.5 Å². The zero-order valence-electron chi connectivity index (χ0n) is 9.98. The Morgan fingerprint density at radius 1 is 1.65 bits per heavy atom. The molecule has 1 atom stereocenters. The molecule has 1 aliphatic heterocycles. The lowest BCUT2D eigenvalue weighted by atomic mass is 9.99. The largest absolute Gasteiger partial charge is 0.387 e. The molecule has 0 aromatic rings. The van der Waals surface area contributed by atoms with Crippen molar-refractivity contribution >= 4 is 16.0 Å². The van der Waals surface area contributed by atoms with Crippen molar-refractivity contribution in [1.82, 2.24) is 9.03 Å². The molecule has 1 saturated heterocycles. The average Bonchev–Trinajstić information content (AvgIpc) is 2.29. The summed E-state index contributed by atoms with van der Waals surface area (Å²) in [5.41, 5.74) is 5.42. The van der Waals surface area contributed by atoms with Crippen molar-refractivity contribution in [3.63, 3.8) is 0 Å². The summed E-state index contributed by atoms with van der Waals surface area (Å²) >= 11 is 0. The van der Waals surface area contributed by atoms with Gasteiger partial charge in [-0.2, -0.15) is 17.4 Å². The second-order valence-electron chi connectivity index (χ2n) is 4.04. The Morgan fingerprint density at radius 3 is 2.94 bits per heavy atom. The molecule has 7 nitrogen and oxygen atoms in total. The number of hydrogen-bond donors (Lipinski definition) is 3. The number of hydrogen-bond acceptors (Lipinski definition) is 4. The molecule has 0 bridgehead atoms. The van der Waals surface area contributed by atoms with Crippen LogP contribution in [0.3, 0.4) is 0 Å². The Balaban J connectivity index is 2.55. The summed E-state index contributed by atoms with van der Waals surface area (Å²) in [7, 11) is -1.96. The van der Waals surface area contributed by atoms with Crippen molar-refractivity contribution in [1.29, 1.82) is 5.41 Å². The van der Waals surface area contributed by atoms with Crippen molar-refractivity contribution in [2.75, 3.05) is 33.4 Å². The highest BCUT2D eigenvalue weighted by molar-refractivity contribution is 7.87. The Morgan fingerprint density at radius 2 is 2.35 bits per heavy atom. The number of rotatable bonds is 6. The van der Waals surface area contributed by atoms with Gasteiger partial charge in [-0.25, -0.2) is 0 Å². The summed E-state index contributed by atoms with van der Waals surface area (Å²) in [5.74, 6) is -0.107. The highest BCUT2D eigenvalue weighted by Crippen LogP contribution is 2.18. The number of methoxy groups -OCH3 is 1. The minimum Gasteiger partial charge on any atom is -0.387 e. The van der Waals surface area contributed by atoms with Gasteiger partial charge in [-0.15, -0.1) is 0 Å². The van der Waals surface area contributed by atoms with Crippen LogP contribution in [0.5, 0.6) is 0 Å². The molecule has 17 heavy (non-hydrogen) atoms. The normalized spacial score (nSPS) is 22.5. The minimum absolute atomic E-state index is 0.0572. The van der Waals surface area contributed by atoms with Crippen LogP contribution in [0.2, 0.25) is 0 Å². The minimum atomic E-state index is -3.47. The summed E-state index contributed by atoms with van der Waals surface area (Å²) < 4.78 is 32.3. The number of piperidine rings is 1. The predicted molar refractivity (Wildman–Crippen MR) is 65.0 cm³/mol. The van der Waals surface area contributed by atoms with Crippen LogP contribution in [-0.2, 0) is 14.9 Å². The molecule has 0 amide bonds. The maximum Gasteiger partial charge on any atom is 0.279 e. The van der Waals surface area contributed by atoms with Crippen LogP contribution < -0.4 is 10.5 Å². The third-order valence-electron chi connectivity index (χ3n) is 2.75. The van der Waals surface area contributed by atoms with Crippen molar-refractivity contribution in [3.05, 3.63) is 0 Å². The fourth-order valence-corrected chi connectivity index (χ4v) is 3.05. The lowest BCUT2D eigenvalue weighted by molar-refractivity contribution is 0.203. The number of nitrogens with zero attached hydrogens (tertiary/aromatic N) is 1. The molecule has 0 radical (unpaired) electrons. The Labute approximate surface area is 102 Å². The van der Waals surface area contributed by atoms with Crippen molar-refractivity contribution < 1.29 is 13.2 Å². The molecule has 8 heteroatoms. The van der Waals surface area contributed by atoms with E-state index < -0.39 is 10.2 Å². The molecule has 4 N–H and O–H groups in total. The van der Waals surface area contributed by atoms with Crippen LogP contribution in [0.25, 0.3) is 0 Å². The lowest BCUT2D eigenvalue weighted by Gasteiger charge is -2.31. The maximum absolute atomic E-state index is 11.9. The molecular formula is C9H20N4O3S. The van der Waals surface area contributed by atoms with E-state index in [2.05, 4.69) is 4.72 Å². The molecule has 0 spiro atoms. The van der Waals surface area contributed by atoms with Gasteiger partial charge in [0.05, 0.1) is 12.4 Å². The van der Waals surface area contributed by atoms with Gasteiger partial charge in [-0.05, 0) is 12.8 Å². The van der Waals surface area contributed by atoms with E-state index in [1.54, 1.807) is 0 Å². The van der Waals surface area contributed by atoms with Gasteiger partial charge >= 0.3 is 0 Å². The van der Waals surface area contributed by atoms with Crippen LogP contribution in [0.4, 0.5) is 0 Å². The van der Waals surface area contributed by atoms with E-state index in [9.17, 15) is 8.42 Å². The summed E-state index contributed by atoms with van der Waals surface area (Å²) in [6.45, 7) is 1.35. The van der Waals surface area contributed by atoms with Crippen molar-refractivity contribution in [2.24, 2.45) is 11.7 Å². The summed E-state index contributed by atoms with van der Waals surface area (Å²) in [5, 5.41) is 7.37. The number of nitrogens with two attached hydrogens (primary N) is 1. The van der Waals surface area contributed by atoms with E-state index in [1.165, 1.54) is 11.4 Å². The second-order valence-corrected chi connectivity index (χ2v) is 5.80. The van der Waals surface area contributed by atoms with Gasteiger partial charge in [0.15, 0.2) is 0 Å². The van der Waals surface area contributed by atoms with Gasteiger partial charge in [0.25, 0.3) is 10.2 Å². The van der Waals surface area contributed by atoms with E-state index in [0.717, 1.165) is 12.8 Å². The third kappa shape index (κ3) is 4.23. The van der Waals surface area contributed by atoms with Gasteiger partial charge in [-0.3, -0.25) is 5.41 Å². The van der Waals surface area contributed by atoms with Gasteiger partial charge in [0, 0.05) is 32.7 Å². The van der Waals surface area contributed by atoms with Crippen molar-refractivity contribution in [2.45, 2.75) is 12.8 Å². The van der Waals surface area contributed by atoms with Crippen LogP contribution in [0.15, 0.2) is 0 Å². The number of ether oxygens (including phenoxy) is 1. The second kappa shape index (κ2) is 6.29. The first kappa shape index (κ1) is 14.4. The van der Waals surface area contributed by atoms with Crippen LogP contribution in [0.1, 0.15) is 12.8 Å². The van der Waals surface area contributed by atoms with Crippen LogP contribution >= 0.6 is 0 Å². The van der Waals surface area contributed by atoms with Crippen LogP contribution in [0, 0.1) is 11.3 Å². The van der Waals surface area contributed by atoms with E-state index in [-0.39, 0.29) is 24.8 Å². The number of nitrogens with one attached hydrogen (secondary N) is 2. The summed E-state index contributed by atoms with van der Waals surface area (Å²) in [6, 6.07) is 0. The molecule has 0 aliphatic carbocycles. The van der Waals surface area contributed by atoms with Crippen LogP contribution in [-0.4, -0.2) is 51.9 Å². The molecule has 1 unspecified atom stereocenters. The maximum atomic E-state index is 11.9. The zero-order valence-corrected chi connectivity index (χ0v) is 10.8. The molecule has 1 aliphatic rings. The quantitative estimate of drug-likeness (QED) is 0.329. The van der Waals surface area contributed by atoms with E-state index in [1.807, 2.05) is 0 Å². The van der Waals surface area contributed by atoms with E-state index >= 15 is 0 Å². The van der Waals surface area contributed by atoms with E-state index in [0.29, 0.717) is 13.2 Å². The predicted octanol–water partition coefficient (Wildman–Crippen LogP) is -0.885. The SMILES string of the molecule is COCCNS(=O)(=O)N1CCCC(C(=N)N)C1. The van der Waals surface area contributed by atoms with E-state index in [4.69, 9.17) is 15.9 Å². The average molecular weight is 264 g/mol. The zero-order chi connectivity index (χ0) is 12.9. The molecule has 0 aromatic carbocycles. The number of amidine groups is 1. The molecular weight excluding hydrogens is 244 g/mol. The molecule has 0 aromatic heterocycles. The Kier molecular flexibility index (Phi) is 5.31. The molecule has 0 saturated carbocycles. The fourth-order valence-electron chi connectivity index (χ4n) is 1.78. The van der Waals surface area contributed by atoms with Crippen molar-refractivity contribution in [3.8, 4) is 0 Å². The molecule has 1 rings (SSSR count). The van der Waals surface area contributed by atoms with Gasteiger partial charge in [0.1, 0.15) is 0 Å². The standard InChI is InChI=1S/C9H20N4O3S/c1-16-6-4-12-17(14,15)13-5-2-3-8(7-13)9(10)11/h8,12H,2-7H2,1H3,(H3,10,11). The summed E-state index contributed by atoms with van der Waals surface area (Å²) in [6.07, 6.45) is 1.51. The molecule has 1 heterocycles. The smallest absolute Gasteiger partial charge is 0.279 e. The summed E-state index contributed by atoms with van der Waals surface area (Å²) in [4.78, 5) is 0. The fraction of sp³-hybridized carbons (Fsp3) is 0.889. The highest BCUT2D eigenvalue weighted by Gasteiger charge is 2.29. The Bertz CT molecular complexity index is 357. The first-order valence-electron chi connectivity index (χ1n) is 5.55. The lowest BCUT2D eigenvalue weighted by Crippen LogP contribution is -2.48.